The highest BCUT2D eigenvalue weighted by Gasteiger charge is 2.71. The van der Waals surface area contributed by atoms with Crippen LogP contribution in [0.15, 0.2) is 12.7 Å². The quantitative estimate of drug-likeness (QED) is 0.443. The lowest BCUT2D eigenvalue weighted by Gasteiger charge is -2.24. The van der Waals surface area contributed by atoms with E-state index < -0.39 is 31.3 Å². The summed E-state index contributed by atoms with van der Waals surface area (Å²) in [5.74, 6) is 0.137. The maximum Gasteiger partial charge on any atom is 0.325 e. The number of rotatable bonds is 4. The summed E-state index contributed by atoms with van der Waals surface area (Å²) in [6, 6.07) is -0.462. The number of nitrogens with zero attached hydrogens (tertiary/aromatic N) is 4. The number of aliphatic hydroxyl groups excluding tert-OH is 2. The summed E-state index contributed by atoms with van der Waals surface area (Å²) in [6.07, 6.45) is 1.16. The molecule has 130 valence electrons. The lowest BCUT2D eigenvalue weighted by Crippen LogP contribution is -2.34. The van der Waals surface area contributed by atoms with Crippen LogP contribution >= 0.6 is 7.60 Å². The zero-order valence-corrected chi connectivity index (χ0v) is 13.5. The van der Waals surface area contributed by atoms with Crippen LogP contribution in [0, 0.1) is 11.3 Å². The fourth-order valence-corrected chi connectivity index (χ4v) is 4.86. The zero-order chi connectivity index (χ0) is 17.3. The highest BCUT2D eigenvalue weighted by Crippen LogP contribution is 2.70. The summed E-state index contributed by atoms with van der Waals surface area (Å²) in [5, 5.41) is 20.9. The van der Waals surface area contributed by atoms with Crippen LogP contribution in [-0.2, 0) is 4.57 Å². The number of nitrogens with two attached hydrogens (primary N) is 1. The van der Waals surface area contributed by atoms with Gasteiger partial charge in [-0.15, -0.1) is 0 Å². The second-order valence-corrected chi connectivity index (χ2v) is 8.47. The van der Waals surface area contributed by atoms with Crippen LogP contribution in [0.2, 0.25) is 0 Å². The zero-order valence-electron chi connectivity index (χ0n) is 12.6. The summed E-state index contributed by atoms with van der Waals surface area (Å²) in [4.78, 5) is 30.4. The molecule has 0 radical (unpaired) electrons. The molecule has 0 aliphatic heterocycles. The molecule has 0 amide bonds. The monoisotopic (exact) mass is 355 g/mol. The summed E-state index contributed by atoms with van der Waals surface area (Å²) in [5.41, 5.74) is 6.00. The molecule has 2 saturated carbocycles. The Kier molecular flexibility index (Phi) is 3.29. The molecular weight excluding hydrogens is 337 g/mol. The maximum absolute atomic E-state index is 11.2. The largest absolute Gasteiger partial charge is 0.390 e. The Labute approximate surface area is 136 Å². The van der Waals surface area contributed by atoms with Gasteiger partial charge in [-0.1, -0.05) is 0 Å². The Morgan fingerprint density at radius 2 is 2.08 bits per heavy atom. The number of hydrogen-bond acceptors (Lipinski definition) is 7. The Bertz CT molecular complexity index is 852. The molecule has 2 aliphatic rings. The van der Waals surface area contributed by atoms with E-state index in [1.807, 2.05) is 0 Å². The predicted octanol–water partition coefficient (Wildman–Crippen LogP) is -0.741. The highest BCUT2D eigenvalue weighted by atomic mass is 31.2. The molecule has 6 N–H and O–H groups in total. The van der Waals surface area contributed by atoms with E-state index in [4.69, 9.17) is 15.5 Å². The van der Waals surface area contributed by atoms with Crippen molar-refractivity contribution in [2.75, 3.05) is 11.9 Å². The second kappa shape index (κ2) is 4.96. The van der Waals surface area contributed by atoms with Gasteiger partial charge in [0, 0.05) is 5.41 Å². The molecule has 4 rings (SSSR count). The second-order valence-electron chi connectivity index (χ2n) is 6.69. The van der Waals surface area contributed by atoms with E-state index in [0.717, 1.165) is 0 Å². The third-order valence-corrected chi connectivity index (χ3v) is 6.24. The standard InChI is InChI=1S/C13H18N5O5P/c14-11-7-12(16-4-15-11)18(5-17-7)8-6-3-13(6,10(20)9(8)19)1-2-24(21,22)23/h4-6,8-10,19-20H,1-3H2,(H2,14,15,16)(H2,21,22,23)/t6-,8-,9+,10+,13+/m1/s1. The van der Waals surface area contributed by atoms with Crippen LogP contribution in [0.4, 0.5) is 5.82 Å². The molecule has 11 heteroatoms. The molecule has 2 heterocycles. The van der Waals surface area contributed by atoms with Gasteiger partial charge in [0.2, 0.25) is 0 Å². The van der Waals surface area contributed by atoms with Gasteiger partial charge < -0.3 is 30.3 Å². The number of aromatic nitrogens is 4. The summed E-state index contributed by atoms with van der Waals surface area (Å²) < 4.78 is 12.8. The number of aliphatic hydroxyl groups is 2. The van der Waals surface area contributed by atoms with Crippen molar-refractivity contribution in [3.8, 4) is 0 Å². The normalized spacial score (nSPS) is 35.3. The molecule has 2 fully saturated rings. The first-order chi connectivity index (χ1) is 11.2. The molecule has 2 aliphatic carbocycles. The van der Waals surface area contributed by atoms with Crippen LogP contribution in [0.25, 0.3) is 11.2 Å². The highest BCUT2D eigenvalue weighted by molar-refractivity contribution is 7.51. The minimum Gasteiger partial charge on any atom is -0.390 e. The molecule has 10 nitrogen and oxygen atoms in total. The Balaban J connectivity index is 1.68. The number of nitrogen functional groups attached to an aromatic ring is 1. The van der Waals surface area contributed by atoms with E-state index >= 15 is 0 Å². The number of imidazole rings is 1. The molecule has 0 saturated heterocycles. The molecule has 0 bridgehead atoms. The summed E-state index contributed by atoms with van der Waals surface area (Å²) >= 11 is 0. The van der Waals surface area contributed by atoms with Crippen LogP contribution in [-0.4, -0.2) is 57.9 Å². The molecule has 0 spiro atoms. The minimum atomic E-state index is -4.15. The van der Waals surface area contributed by atoms with Gasteiger partial charge in [-0.05, 0) is 18.8 Å². The Hall–Kier alpha value is -1.58. The van der Waals surface area contributed by atoms with Crippen LogP contribution < -0.4 is 5.73 Å². The summed E-state index contributed by atoms with van der Waals surface area (Å²) in [6.45, 7) is 0. The van der Waals surface area contributed by atoms with Gasteiger partial charge in [-0.25, -0.2) is 15.0 Å². The smallest absolute Gasteiger partial charge is 0.325 e. The minimum absolute atomic E-state index is 0.0948. The average Bonchev–Trinajstić information content (AvgIpc) is 3.00. The molecule has 2 aromatic rings. The Morgan fingerprint density at radius 1 is 1.33 bits per heavy atom. The number of fused-ring (bicyclic) bond motifs is 2. The molecule has 0 unspecified atom stereocenters. The number of anilines is 1. The van der Waals surface area contributed by atoms with Gasteiger partial charge in [0.25, 0.3) is 0 Å². The first-order valence-corrected chi connectivity index (χ1v) is 9.38. The lowest BCUT2D eigenvalue weighted by atomic mass is 9.96. The van der Waals surface area contributed by atoms with Gasteiger partial charge in [0.15, 0.2) is 11.5 Å². The third-order valence-electron chi connectivity index (χ3n) is 5.43. The van der Waals surface area contributed by atoms with Gasteiger partial charge in [0.05, 0.1) is 24.6 Å². The van der Waals surface area contributed by atoms with Gasteiger partial charge in [0.1, 0.15) is 17.9 Å². The van der Waals surface area contributed by atoms with Gasteiger partial charge >= 0.3 is 7.60 Å². The molecule has 5 atom stereocenters. The van der Waals surface area contributed by atoms with Crippen molar-refractivity contribution >= 4 is 24.6 Å². The average molecular weight is 355 g/mol. The molecule has 2 aromatic heterocycles. The van der Waals surface area contributed by atoms with E-state index in [9.17, 15) is 14.8 Å². The van der Waals surface area contributed by atoms with Crippen LogP contribution in [0.5, 0.6) is 0 Å². The fourth-order valence-electron chi connectivity index (χ4n) is 4.15. The molecule has 0 aromatic carbocycles. The van der Waals surface area contributed by atoms with Crippen molar-refractivity contribution in [2.45, 2.75) is 31.1 Å². The van der Waals surface area contributed by atoms with Crippen LogP contribution in [0.1, 0.15) is 18.9 Å². The molecule has 24 heavy (non-hydrogen) atoms. The van der Waals surface area contributed by atoms with Crippen molar-refractivity contribution in [1.29, 1.82) is 0 Å². The van der Waals surface area contributed by atoms with Gasteiger partial charge in [-0.2, -0.15) is 0 Å². The van der Waals surface area contributed by atoms with E-state index in [2.05, 4.69) is 15.0 Å². The van der Waals surface area contributed by atoms with Gasteiger partial charge in [-0.3, -0.25) is 4.57 Å². The predicted molar refractivity (Wildman–Crippen MR) is 82.9 cm³/mol. The van der Waals surface area contributed by atoms with Crippen molar-refractivity contribution in [1.82, 2.24) is 19.5 Å². The van der Waals surface area contributed by atoms with Crippen molar-refractivity contribution in [3.63, 3.8) is 0 Å². The maximum atomic E-state index is 11.2. The SMILES string of the molecule is Nc1ncnc2c1ncn2[C@H]1[C@H](O)[C@H](O)[C@@]2(CCP(=O)(O)O)C[C@H]12. The molecular formula is C13H18N5O5P. The number of hydrogen-bond donors (Lipinski definition) is 5. The first kappa shape index (κ1) is 15.9. The van der Waals surface area contributed by atoms with Crippen molar-refractivity contribution < 1.29 is 24.6 Å². The third kappa shape index (κ3) is 2.18. The van der Waals surface area contributed by atoms with E-state index in [1.54, 1.807) is 4.57 Å². The first-order valence-electron chi connectivity index (χ1n) is 7.58. The van der Waals surface area contributed by atoms with E-state index in [0.29, 0.717) is 17.6 Å². The Morgan fingerprint density at radius 3 is 2.79 bits per heavy atom. The van der Waals surface area contributed by atoms with Crippen molar-refractivity contribution in [2.24, 2.45) is 11.3 Å². The van der Waals surface area contributed by atoms with E-state index in [1.165, 1.54) is 12.7 Å². The van der Waals surface area contributed by atoms with E-state index in [-0.39, 0.29) is 24.3 Å². The summed E-state index contributed by atoms with van der Waals surface area (Å²) in [7, 11) is -4.15. The van der Waals surface area contributed by atoms with Crippen molar-refractivity contribution in [3.05, 3.63) is 12.7 Å². The topological polar surface area (TPSA) is 168 Å². The fraction of sp³-hybridized carbons (Fsp3) is 0.615. The van der Waals surface area contributed by atoms with Crippen LogP contribution in [0.3, 0.4) is 0 Å². The lowest BCUT2D eigenvalue weighted by molar-refractivity contribution is -0.0183.